The van der Waals surface area contributed by atoms with Crippen molar-refractivity contribution in [2.75, 3.05) is 0 Å². The maximum Gasteiger partial charge on any atom is 0.164 e. The second-order valence-electron chi connectivity index (χ2n) is 16.4. The van der Waals surface area contributed by atoms with Crippen LogP contribution in [0.25, 0.3) is 131 Å². The third kappa shape index (κ3) is 5.28. The summed E-state index contributed by atoms with van der Waals surface area (Å²) in [5, 5.41) is 9.69. The molecule has 0 amide bonds. The Morgan fingerprint density at radius 3 is 1.47 bits per heavy atom. The molecule has 0 saturated heterocycles. The van der Waals surface area contributed by atoms with Crippen molar-refractivity contribution in [3.63, 3.8) is 0 Å². The monoisotopic (exact) mass is 835 g/mol. The van der Waals surface area contributed by atoms with Crippen LogP contribution in [0.3, 0.4) is 0 Å². The molecule has 0 aliphatic carbocycles. The molecule has 0 unspecified atom stereocenters. The van der Waals surface area contributed by atoms with E-state index in [-0.39, 0.29) is 0 Å². The van der Waals surface area contributed by atoms with Gasteiger partial charge in [0.15, 0.2) is 17.5 Å². The largest absolute Gasteiger partial charge is 0.456 e. The van der Waals surface area contributed by atoms with Crippen LogP contribution >= 0.6 is 11.3 Å². The van der Waals surface area contributed by atoms with Crippen molar-refractivity contribution in [2.24, 2.45) is 0 Å². The minimum absolute atomic E-state index is 0.635. The summed E-state index contributed by atoms with van der Waals surface area (Å²) >= 11 is 1.87. The molecule has 14 rings (SSSR count). The highest BCUT2D eigenvalue weighted by Gasteiger charge is 2.20. The summed E-state index contributed by atoms with van der Waals surface area (Å²) in [4.78, 5) is 14.9. The highest BCUT2D eigenvalue weighted by Crippen LogP contribution is 2.44. The van der Waals surface area contributed by atoms with Crippen LogP contribution in [0.2, 0.25) is 0 Å². The van der Waals surface area contributed by atoms with E-state index in [1.807, 2.05) is 84.1 Å². The minimum Gasteiger partial charge on any atom is -0.456 e. The van der Waals surface area contributed by atoms with Crippen LogP contribution in [0.1, 0.15) is 0 Å². The molecule has 6 nitrogen and oxygen atoms in total. The number of fused-ring (bicyclic) bond motifs is 12. The molecule has 0 radical (unpaired) electrons. The maximum absolute atomic E-state index is 6.22. The Hall–Kier alpha value is -8.39. The zero-order valence-electron chi connectivity index (χ0n) is 34.1. The second kappa shape index (κ2) is 13.6. The van der Waals surface area contributed by atoms with Crippen molar-refractivity contribution in [3.05, 3.63) is 200 Å². The van der Waals surface area contributed by atoms with E-state index in [4.69, 9.17) is 19.4 Å². The Bertz CT molecular complexity index is 4120. The molecule has 7 heteroatoms. The molecule has 298 valence electrons. The van der Waals surface area contributed by atoms with Crippen LogP contribution in [-0.4, -0.2) is 24.1 Å². The molecule has 0 atom stereocenters. The molecule has 0 spiro atoms. The number of rotatable bonds is 5. The molecule has 5 heterocycles. The van der Waals surface area contributed by atoms with Gasteiger partial charge in [0.1, 0.15) is 11.2 Å². The fourth-order valence-electron chi connectivity index (χ4n) is 9.81. The van der Waals surface area contributed by atoms with Gasteiger partial charge < -0.3 is 13.6 Å². The molecule has 9 aromatic carbocycles. The molecule has 0 saturated carbocycles. The standard InChI is InChI=1S/C57H33N5OS/c1-3-13-34(14-4-1)55-58-56(35-15-5-2-6-16-35)60-57(59-55)36-23-25-37(26-24-36)61-47-20-10-8-18-40(47)43-32-53-46(31-49(43)61)45-30-42-39-17-7-11-21-48(39)62(50(42)33-54(45)64-53)38-27-28-52-44(29-38)41-19-9-12-22-51(41)63-52/h1-33H. The summed E-state index contributed by atoms with van der Waals surface area (Å²) in [6.45, 7) is 0. The topological polar surface area (TPSA) is 61.7 Å². The Labute approximate surface area is 369 Å². The van der Waals surface area contributed by atoms with E-state index in [0.717, 1.165) is 55.5 Å². The normalized spacial score (nSPS) is 12.1. The van der Waals surface area contributed by atoms with Crippen molar-refractivity contribution in [1.82, 2.24) is 24.1 Å². The summed E-state index contributed by atoms with van der Waals surface area (Å²) < 4.78 is 13.6. The van der Waals surface area contributed by atoms with Gasteiger partial charge in [0.2, 0.25) is 0 Å². The zero-order valence-corrected chi connectivity index (χ0v) is 34.9. The van der Waals surface area contributed by atoms with Gasteiger partial charge in [-0.15, -0.1) is 11.3 Å². The van der Waals surface area contributed by atoms with Gasteiger partial charge in [-0.05, 0) is 84.9 Å². The van der Waals surface area contributed by atoms with Crippen LogP contribution in [0.15, 0.2) is 205 Å². The van der Waals surface area contributed by atoms with Gasteiger partial charge in [0.25, 0.3) is 0 Å². The maximum atomic E-state index is 6.22. The summed E-state index contributed by atoms with van der Waals surface area (Å²) in [5.41, 5.74) is 11.5. The second-order valence-corrected chi connectivity index (χ2v) is 17.5. The van der Waals surface area contributed by atoms with E-state index in [1.54, 1.807) is 0 Å². The molecule has 14 aromatic rings. The van der Waals surface area contributed by atoms with E-state index in [2.05, 4.69) is 137 Å². The summed E-state index contributed by atoms with van der Waals surface area (Å²) in [6.07, 6.45) is 0. The van der Waals surface area contributed by atoms with Crippen molar-refractivity contribution in [2.45, 2.75) is 0 Å². The molecular weight excluding hydrogens is 803 g/mol. The third-order valence-corrected chi connectivity index (χ3v) is 13.9. The Balaban J connectivity index is 0.933. The number of para-hydroxylation sites is 3. The quantitative estimate of drug-likeness (QED) is 0.173. The van der Waals surface area contributed by atoms with Gasteiger partial charge in [0.05, 0.1) is 22.1 Å². The van der Waals surface area contributed by atoms with Crippen LogP contribution in [-0.2, 0) is 0 Å². The molecule has 64 heavy (non-hydrogen) atoms. The van der Waals surface area contributed by atoms with Crippen molar-refractivity contribution < 1.29 is 4.42 Å². The average molecular weight is 836 g/mol. The van der Waals surface area contributed by atoms with E-state index < -0.39 is 0 Å². The first-order valence-corrected chi connectivity index (χ1v) is 22.2. The van der Waals surface area contributed by atoms with Crippen molar-refractivity contribution >= 4 is 97.1 Å². The number of hydrogen-bond acceptors (Lipinski definition) is 5. The van der Waals surface area contributed by atoms with E-state index in [9.17, 15) is 0 Å². The predicted octanol–water partition coefficient (Wildman–Crippen LogP) is 15.3. The first-order chi connectivity index (χ1) is 31.7. The molecule has 0 N–H and O–H groups in total. The van der Waals surface area contributed by atoms with Gasteiger partial charge in [-0.25, -0.2) is 15.0 Å². The van der Waals surface area contributed by atoms with Gasteiger partial charge in [-0.1, -0.05) is 115 Å². The number of benzene rings is 9. The number of aromatic nitrogens is 5. The number of furan rings is 1. The Morgan fingerprint density at radius 1 is 0.312 bits per heavy atom. The summed E-state index contributed by atoms with van der Waals surface area (Å²) in [7, 11) is 0. The molecule has 0 bridgehead atoms. The van der Waals surface area contributed by atoms with E-state index >= 15 is 0 Å². The predicted molar refractivity (Wildman–Crippen MR) is 265 cm³/mol. The summed E-state index contributed by atoms with van der Waals surface area (Å²) in [6, 6.07) is 70.9. The van der Waals surface area contributed by atoms with Gasteiger partial charge >= 0.3 is 0 Å². The molecule has 5 aromatic heterocycles. The van der Waals surface area contributed by atoms with E-state index in [1.165, 1.54) is 58.3 Å². The van der Waals surface area contributed by atoms with Crippen LogP contribution in [0.4, 0.5) is 0 Å². The molecular formula is C57H33N5OS. The SMILES string of the molecule is c1ccc(-c2nc(-c3ccccc3)nc(-c3ccc(-n4c5ccccc5c5cc6sc7cc8c(cc7c6cc54)c4ccccc4n8-c4ccc5oc6ccccc6c5c4)cc3)n2)cc1. The van der Waals surface area contributed by atoms with Gasteiger partial charge in [-0.2, -0.15) is 0 Å². The smallest absolute Gasteiger partial charge is 0.164 e. The molecule has 0 aliphatic rings. The highest BCUT2D eigenvalue weighted by atomic mass is 32.1. The van der Waals surface area contributed by atoms with E-state index in [0.29, 0.717) is 17.5 Å². The first kappa shape index (κ1) is 35.2. The van der Waals surface area contributed by atoms with Crippen LogP contribution in [0.5, 0.6) is 0 Å². The first-order valence-electron chi connectivity index (χ1n) is 21.4. The lowest BCUT2D eigenvalue weighted by molar-refractivity contribution is 0.669. The fourth-order valence-corrected chi connectivity index (χ4v) is 10.9. The lowest BCUT2D eigenvalue weighted by Crippen LogP contribution is -2.00. The number of hydrogen-bond donors (Lipinski definition) is 0. The van der Waals surface area contributed by atoms with Crippen molar-refractivity contribution in [1.29, 1.82) is 0 Å². The average Bonchev–Trinajstić information content (AvgIpc) is 4.10. The lowest BCUT2D eigenvalue weighted by Gasteiger charge is -2.11. The third-order valence-electron chi connectivity index (χ3n) is 12.8. The van der Waals surface area contributed by atoms with Crippen LogP contribution in [0, 0.1) is 0 Å². The fraction of sp³-hybridized carbons (Fsp3) is 0. The van der Waals surface area contributed by atoms with Crippen LogP contribution < -0.4 is 0 Å². The lowest BCUT2D eigenvalue weighted by atomic mass is 10.1. The minimum atomic E-state index is 0.635. The van der Waals surface area contributed by atoms with Gasteiger partial charge in [0, 0.05) is 80.6 Å². The molecule has 0 aliphatic heterocycles. The molecule has 0 fully saturated rings. The van der Waals surface area contributed by atoms with Crippen molar-refractivity contribution in [3.8, 4) is 45.5 Å². The Kier molecular flexibility index (Phi) is 7.46. The summed E-state index contributed by atoms with van der Waals surface area (Å²) in [5.74, 6) is 1.93. The number of nitrogens with zero attached hydrogens (tertiary/aromatic N) is 5. The zero-order chi connectivity index (χ0) is 41.9. The highest BCUT2D eigenvalue weighted by molar-refractivity contribution is 7.26. The Morgan fingerprint density at radius 2 is 0.797 bits per heavy atom. The number of thiophene rings is 1. The van der Waals surface area contributed by atoms with Gasteiger partial charge in [-0.3, -0.25) is 0 Å².